The fourth-order valence-electron chi connectivity index (χ4n) is 1.49. The van der Waals surface area contributed by atoms with Gasteiger partial charge in [0.1, 0.15) is 5.76 Å². The Morgan fingerprint density at radius 2 is 2.26 bits per heavy atom. The lowest BCUT2D eigenvalue weighted by Crippen LogP contribution is -2.21. The first-order valence-electron chi connectivity index (χ1n) is 5.81. The summed E-state index contributed by atoms with van der Waals surface area (Å²) in [6.07, 6.45) is 0. The van der Waals surface area contributed by atoms with E-state index in [2.05, 4.69) is 17.2 Å². The van der Waals surface area contributed by atoms with Crippen LogP contribution in [0.15, 0.2) is 28.7 Å². The van der Waals surface area contributed by atoms with Gasteiger partial charge in [0.05, 0.1) is 18.0 Å². The molecule has 0 aromatic carbocycles. The minimum Gasteiger partial charge on any atom is -0.456 e. The monoisotopic (exact) mass is 274 g/mol. The van der Waals surface area contributed by atoms with Crippen LogP contribution in [-0.2, 0) is 6.54 Å². The average molecular weight is 274 g/mol. The molecule has 3 N–H and O–H groups in total. The van der Waals surface area contributed by atoms with Crippen LogP contribution in [0, 0.1) is 18.8 Å². The third kappa shape index (κ3) is 3.71. The molecule has 2 rings (SSSR count). The van der Waals surface area contributed by atoms with Gasteiger partial charge in [-0.3, -0.25) is 4.79 Å². The Hall–Kier alpha value is -2.03. The second-order valence-corrected chi connectivity index (χ2v) is 5.03. The second-order valence-electron chi connectivity index (χ2n) is 3.86. The highest BCUT2D eigenvalue weighted by Gasteiger charge is 2.09. The zero-order valence-electron chi connectivity index (χ0n) is 10.5. The average Bonchev–Trinajstić information content (AvgIpc) is 3.02. The Morgan fingerprint density at radius 1 is 1.42 bits per heavy atom. The maximum absolute atomic E-state index is 11.8. The molecule has 0 spiro atoms. The van der Waals surface area contributed by atoms with E-state index in [9.17, 15) is 4.79 Å². The predicted molar refractivity (Wildman–Crippen MR) is 74.9 cm³/mol. The number of amides is 1. The molecule has 2 aromatic rings. The number of nitrogens with one attached hydrogen (secondary N) is 1. The van der Waals surface area contributed by atoms with Crippen LogP contribution in [0.1, 0.15) is 26.1 Å². The molecule has 98 valence electrons. The number of nitrogens with two attached hydrogens (primary N) is 1. The van der Waals surface area contributed by atoms with Crippen LogP contribution in [0.4, 0.5) is 0 Å². The molecule has 0 aliphatic heterocycles. The summed E-state index contributed by atoms with van der Waals surface area (Å²) in [5, 5.41) is 2.80. The number of furan rings is 1. The molecular weight excluding hydrogens is 260 g/mol. The van der Waals surface area contributed by atoms with E-state index in [-0.39, 0.29) is 5.91 Å². The van der Waals surface area contributed by atoms with Crippen molar-refractivity contribution >= 4 is 17.2 Å². The maximum Gasteiger partial charge on any atom is 0.287 e. The first kappa shape index (κ1) is 13.4. The van der Waals surface area contributed by atoms with Crippen LogP contribution in [0.5, 0.6) is 0 Å². The van der Waals surface area contributed by atoms with E-state index in [1.807, 2.05) is 12.1 Å². The number of rotatable bonds is 3. The summed E-state index contributed by atoms with van der Waals surface area (Å²) in [4.78, 5) is 13.8. The Labute approximate surface area is 115 Å². The van der Waals surface area contributed by atoms with Gasteiger partial charge in [-0.15, -0.1) is 11.3 Å². The van der Waals surface area contributed by atoms with Crippen LogP contribution in [0.2, 0.25) is 0 Å². The standard InChI is InChI=1S/C14H14N2O2S/c1-10-4-7-13(18-10)14(17)16-9-12-6-5-11(19-12)3-2-8-15/h4-7H,8-9,15H2,1H3,(H,16,17). The summed E-state index contributed by atoms with van der Waals surface area (Å²) >= 11 is 1.54. The van der Waals surface area contributed by atoms with Gasteiger partial charge in [0.25, 0.3) is 5.91 Å². The quantitative estimate of drug-likeness (QED) is 0.840. The van der Waals surface area contributed by atoms with Gasteiger partial charge in [-0.25, -0.2) is 0 Å². The van der Waals surface area contributed by atoms with E-state index in [1.54, 1.807) is 30.4 Å². The van der Waals surface area contributed by atoms with Crippen molar-refractivity contribution in [2.24, 2.45) is 5.73 Å². The van der Waals surface area contributed by atoms with Crippen molar-refractivity contribution < 1.29 is 9.21 Å². The molecule has 0 bridgehead atoms. The van der Waals surface area contributed by atoms with Gasteiger partial charge >= 0.3 is 0 Å². The van der Waals surface area contributed by atoms with Gasteiger partial charge in [0, 0.05) is 4.88 Å². The van der Waals surface area contributed by atoms with Crippen LogP contribution in [0.25, 0.3) is 0 Å². The molecule has 19 heavy (non-hydrogen) atoms. The van der Waals surface area contributed by atoms with Crippen LogP contribution in [0.3, 0.4) is 0 Å². The Bertz CT molecular complexity index is 631. The fourth-order valence-corrected chi connectivity index (χ4v) is 2.31. The van der Waals surface area contributed by atoms with Crippen molar-refractivity contribution in [2.45, 2.75) is 13.5 Å². The van der Waals surface area contributed by atoms with E-state index in [0.29, 0.717) is 18.8 Å². The molecule has 0 saturated heterocycles. The largest absolute Gasteiger partial charge is 0.456 e. The number of hydrogen-bond donors (Lipinski definition) is 2. The first-order valence-corrected chi connectivity index (χ1v) is 6.63. The summed E-state index contributed by atoms with van der Waals surface area (Å²) in [7, 11) is 0. The molecule has 2 aromatic heterocycles. The Morgan fingerprint density at radius 3 is 2.95 bits per heavy atom. The van der Waals surface area contributed by atoms with E-state index in [4.69, 9.17) is 10.2 Å². The molecule has 5 heteroatoms. The Kier molecular flexibility index (Phi) is 4.39. The summed E-state index contributed by atoms with van der Waals surface area (Å²) in [6, 6.07) is 7.29. The van der Waals surface area contributed by atoms with E-state index >= 15 is 0 Å². The summed E-state index contributed by atoms with van der Waals surface area (Å²) < 4.78 is 5.25. The maximum atomic E-state index is 11.8. The second kappa shape index (κ2) is 6.23. The first-order chi connectivity index (χ1) is 9.19. The highest BCUT2D eigenvalue weighted by molar-refractivity contribution is 7.12. The van der Waals surface area contributed by atoms with Crippen molar-refractivity contribution in [1.29, 1.82) is 0 Å². The van der Waals surface area contributed by atoms with Crippen molar-refractivity contribution in [1.82, 2.24) is 5.32 Å². The lowest BCUT2D eigenvalue weighted by atomic mass is 10.4. The topological polar surface area (TPSA) is 68.3 Å². The third-order valence-corrected chi connectivity index (χ3v) is 3.36. The van der Waals surface area contributed by atoms with Crippen LogP contribution < -0.4 is 11.1 Å². The number of hydrogen-bond acceptors (Lipinski definition) is 4. The molecule has 0 aliphatic carbocycles. The predicted octanol–water partition coefficient (Wildman–Crippen LogP) is 1.89. The van der Waals surface area contributed by atoms with Gasteiger partial charge in [0.2, 0.25) is 0 Å². The van der Waals surface area contributed by atoms with Gasteiger partial charge in [-0.1, -0.05) is 11.8 Å². The van der Waals surface area contributed by atoms with Crippen molar-refractivity contribution in [2.75, 3.05) is 6.54 Å². The van der Waals surface area contributed by atoms with Crippen LogP contribution >= 0.6 is 11.3 Å². The molecule has 0 fully saturated rings. The van der Waals surface area contributed by atoms with Crippen molar-refractivity contribution in [3.63, 3.8) is 0 Å². The summed E-state index contributed by atoms with van der Waals surface area (Å²) in [6.45, 7) is 2.62. The molecule has 1 amide bonds. The summed E-state index contributed by atoms with van der Waals surface area (Å²) in [5.74, 6) is 6.60. The van der Waals surface area contributed by atoms with Gasteiger partial charge in [-0.05, 0) is 31.2 Å². The minimum absolute atomic E-state index is 0.212. The summed E-state index contributed by atoms with van der Waals surface area (Å²) in [5.41, 5.74) is 5.31. The van der Waals surface area contributed by atoms with Gasteiger partial charge in [-0.2, -0.15) is 0 Å². The number of carbonyl (C=O) groups is 1. The molecule has 0 radical (unpaired) electrons. The molecule has 0 saturated carbocycles. The number of carbonyl (C=O) groups excluding carboxylic acids is 1. The van der Waals surface area contributed by atoms with Crippen molar-refractivity contribution in [3.05, 3.63) is 45.5 Å². The van der Waals surface area contributed by atoms with E-state index in [0.717, 1.165) is 15.5 Å². The zero-order chi connectivity index (χ0) is 13.7. The molecular formula is C14H14N2O2S. The third-order valence-electron chi connectivity index (χ3n) is 2.36. The lowest BCUT2D eigenvalue weighted by Gasteiger charge is -2.00. The molecule has 4 nitrogen and oxygen atoms in total. The fraction of sp³-hybridized carbons (Fsp3) is 0.214. The number of thiophene rings is 1. The minimum atomic E-state index is -0.212. The van der Waals surface area contributed by atoms with Gasteiger partial charge in [0.15, 0.2) is 5.76 Å². The molecule has 2 heterocycles. The van der Waals surface area contributed by atoms with E-state index < -0.39 is 0 Å². The highest BCUT2D eigenvalue weighted by atomic mass is 32.1. The molecule has 0 aliphatic rings. The molecule has 0 atom stereocenters. The zero-order valence-corrected chi connectivity index (χ0v) is 11.3. The van der Waals surface area contributed by atoms with Crippen LogP contribution in [-0.4, -0.2) is 12.5 Å². The normalized spacial score (nSPS) is 9.79. The number of aryl methyl sites for hydroxylation is 1. The Balaban J connectivity index is 1.92. The SMILES string of the molecule is Cc1ccc(C(=O)NCc2ccc(C#CCN)s2)o1. The molecule has 0 unspecified atom stereocenters. The highest BCUT2D eigenvalue weighted by Crippen LogP contribution is 2.15. The van der Waals surface area contributed by atoms with Crippen molar-refractivity contribution in [3.8, 4) is 11.8 Å². The van der Waals surface area contributed by atoms with Gasteiger partial charge < -0.3 is 15.5 Å². The smallest absolute Gasteiger partial charge is 0.287 e. The van der Waals surface area contributed by atoms with E-state index in [1.165, 1.54) is 0 Å². The lowest BCUT2D eigenvalue weighted by molar-refractivity contribution is 0.0922.